The lowest BCUT2D eigenvalue weighted by Gasteiger charge is -2.18. The highest BCUT2D eigenvalue weighted by molar-refractivity contribution is 5.13. The van der Waals surface area contributed by atoms with Gasteiger partial charge < -0.3 is 20.4 Å². The van der Waals surface area contributed by atoms with Crippen LogP contribution in [0.4, 0.5) is 0 Å². The highest BCUT2D eigenvalue weighted by Crippen LogP contribution is 2.06. The standard InChI is InChI=1S/C8H15NO4/c1-6(2-3-10)4-7(8(12)13)9-5-11/h2-3,7-13H,1,4-5H2/b3-2+. The molecule has 0 radical (unpaired) electrons. The Kier molecular flexibility index (Phi) is 6.17. The van der Waals surface area contributed by atoms with E-state index in [0.29, 0.717) is 5.57 Å². The van der Waals surface area contributed by atoms with Gasteiger partial charge in [-0.05, 0) is 12.5 Å². The van der Waals surface area contributed by atoms with Crippen LogP contribution in [0.1, 0.15) is 6.42 Å². The molecule has 0 aromatic heterocycles. The zero-order valence-electron chi connectivity index (χ0n) is 7.22. The van der Waals surface area contributed by atoms with E-state index in [2.05, 4.69) is 11.9 Å². The fourth-order valence-electron chi connectivity index (χ4n) is 0.856. The first-order valence-corrected chi connectivity index (χ1v) is 3.80. The maximum Gasteiger partial charge on any atom is 0.167 e. The number of aliphatic hydroxyl groups excluding tert-OH is 3. The topological polar surface area (TPSA) is 93.0 Å². The van der Waals surface area contributed by atoms with Gasteiger partial charge in [0.2, 0.25) is 0 Å². The summed E-state index contributed by atoms with van der Waals surface area (Å²) in [6.45, 7) is 3.21. The zero-order valence-corrected chi connectivity index (χ0v) is 7.22. The number of nitrogens with one attached hydrogen (secondary N) is 1. The molecule has 76 valence electrons. The Bertz CT molecular complexity index is 179. The van der Waals surface area contributed by atoms with Crippen molar-refractivity contribution in [3.05, 3.63) is 24.5 Å². The highest BCUT2D eigenvalue weighted by atomic mass is 16.5. The fourth-order valence-corrected chi connectivity index (χ4v) is 0.856. The largest absolute Gasteiger partial charge is 0.516 e. The van der Waals surface area contributed by atoms with Gasteiger partial charge in [-0.3, -0.25) is 5.32 Å². The molecule has 0 bridgehead atoms. The molecular formula is C8H15NO4. The summed E-state index contributed by atoms with van der Waals surface area (Å²) in [7, 11) is 0. The molecule has 0 saturated carbocycles. The van der Waals surface area contributed by atoms with Crippen LogP contribution in [0.15, 0.2) is 24.5 Å². The van der Waals surface area contributed by atoms with Crippen molar-refractivity contribution >= 4 is 0 Å². The summed E-state index contributed by atoms with van der Waals surface area (Å²) in [4.78, 5) is 0. The first-order chi connectivity index (χ1) is 6.11. The highest BCUT2D eigenvalue weighted by Gasteiger charge is 2.15. The van der Waals surface area contributed by atoms with Crippen LogP contribution >= 0.6 is 0 Å². The molecule has 0 heterocycles. The lowest BCUT2D eigenvalue weighted by Crippen LogP contribution is -2.40. The van der Waals surface area contributed by atoms with Crippen LogP contribution in [0.25, 0.3) is 0 Å². The summed E-state index contributed by atoms with van der Waals surface area (Å²) in [5.41, 5.74) is 0.529. The first kappa shape index (κ1) is 12.1. The van der Waals surface area contributed by atoms with E-state index >= 15 is 0 Å². The van der Waals surface area contributed by atoms with Gasteiger partial charge in [0.15, 0.2) is 6.29 Å². The van der Waals surface area contributed by atoms with E-state index in [9.17, 15) is 0 Å². The maximum atomic E-state index is 8.81. The lowest BCUT2D eigenvalue weighted by atomic mass is 10.1. The van der Waals surface area contributed by atoms with Crippen molar-refractivity contribution in [2.75, 3.05) is 6.73 Å². The molecule has 0 fully saturated rings. The molecule has 0 aromatic carbocycles. The van der Waals surface area contributed by atoms with E-state index in [1.165, 1.54) is 6.08 Å². The molecule has 0 saturated heterocycles. The van der Waals surface area contributed by atoms with Gasteiger partial charge in [-0.1, -0.05) is 12.2 Å². The smallest absolute Gasteiger partial charge is 0.167 e. The first-order valence-electron chi connectivity index (χ1n) is 3.80. The van der Waals surface area contributed by atoms with Gasteiger partial charge >= 0.3 is 0 Å². The molecule has 5 heteroatoms. The molecule has 0 spiro atoms. The Hall–Kier alpha value is -0.880. The molecule has 1 unspecified atom stereocenters. The number of rotatable bonds is 6. The monoisotopic (exact) mass is 189 g/mol. The van der Waals surface area contributed by atoms with Gasteiger partial charge in [0.25, 0.3) is 0 Å². The van der Waals surface area contributed by atoms with E-state index in [1.54, 1.807) is 0 Å². The van der Waals surface area contributed by atoms with Crippen molar-refractivity contribution in [2.24, 2.45) is 0 Å². The van der Waals surface area contributed by atoms with Crippen LogP contribution in [0, 0.1) is 0 Å². The third-order valence-corrected chi connectivity index (χ3v) is 1.51. The van der Waals surface area contributed by atoms with Gasteiger partial charge in [-0.2, -0.15) is 0 Å². The summed E-state index contributed by atoms with van der Waals surface area (Å²) in [5, 5.41) is 37.0. The Morgan fingerprint density at radius 3 is 2.46 bits per heavy atom. The fraction of sp³-hybridized carbons (Fsp3) is 0.500. The van der Waals surface area contributed by atoms with Crippen LogP contribution in [-0.2, 0) is 0 Å². The Morgan fingerprint density at radius 2 is 2.08 bits per heavy atom. The number of aliphatic hydroxyl groups is 4. The molecule has 0 rings (SSSR count). The summed E-state index contributed by atoms with van der Waals surface area (Å²) in [6.07, 6.45) is 0.822. The average Bonchev–Trinajstić information content (AvgIpc) is 2.04. The zero-order chi connectivity index (χ0) is 10.3. The second-order valence-corrected chi connectivity index (χ2v) is 2.56. The number of allylic oxidation sites excluding steroid dienone is 1. The van der Waals surface area contributed by atoms with Crippen LogP contribution in [-0.4, -0.2) is 39.5 Å². The molecule has 13 heavy (non-hydrogen) atoms. The van der Waals surface area contributed by atoms with E-state index < -0.39 is 12.3 Å². The van der Waals surface area contributed by atoms with Gasteiger partial charge in [0.1, 0.15) is 0 Å². The van der Waals surface area contributed by atoms with Crippen molar-refractivity contribution < 1.29 is 20.4 Å². The SMILES string of the molecule is C=C(/C=C/O)CC(NCO)C(O)O. The Morgan fingerprint density at radius 1 is 1.46 bits per heavy atom. The van der Waals surface area contributed by atoms with Crippen LogP contribution in [0.2, 0.25) is 0 Å². The van der Waals surface area contributed by atoms with Gasteiger partial charge in [0, 0.05) is 0 Å². The van der Waals surface area contributed by atoms with Crippen LogP contribution < -0.4 is 5.32 Å². The van der Waals surface area contributed by atoms with E-state index in [-0.39, 0.29) is 13.2 Å². The molecule has 1 atom stereocenters. The summed E-state index contributed by atoms with van der Waals surface area (Å²) in [6, 6.07) is -0.686. The summed E-state index contributed by atoms with van der Waals surface area (Å²) < 4.78 is 0. The minimum absolute atomic E-state index is 0.231. The predicted molar refractivity (Wildman–Crippen MR) is 47.8 cm³/mol. The average molecular weight is 189 g/mol. The summed E-state index contributed by atoms with van der Waals surface area (Å²) in [5.74, 6) is 0. The second-order valence-electron chi connectivity index (χ2n) is 2.56. The Labute approximate surface area is 76.6 Å². The van der Waals surface area contributed by atoms with Crippen molar-refractivity contribution in [3.8, 4) is 0 Å². The van der Waals surface area contributed by atoms with Gasteiger partial charge in [-0.25, -0.2) is 0 Å². The quantitative estimate of drug-likeness (QED) is 0.215. The van der Waals surface area contributed by atoms with Crippen molar-refractivity contribution in [2.45, 2.75) is 18.8 Å². The Balaban J connectivity index is 4.01. The number of hydrogen-bond donors (Lipinski definition) is 5. The van der Waals surface area contributed by atoms with Gasteiger partial charge in [-0.15, -0.1) is 0 Å². The van der Waals surface area contributed by atoms with Crippen molar-refractivity contribution in [1.29, 1.82) is 0 Å². The molecule has 5 N–H and O–H groups in total. The minimum atomic E-state index is -1.57. The molecule has 0 aliphatic heterocycles. The molecule has 0 aliphatic carbocycles. The second kappa shape index (κ2) is 6.62. The van der Waals surface area contributed by atoms with E-state index in [4.69, 9.17) is 20.4 Å². The third kappa shape index (κ3) is 5.37. The molecule has 0 aromatic rings. The lowest BCUT2D eigenvalue weighted by molar-refractivity contribution is -0.0707. The summed E-state index contributed by atoms with van der Waals surface area (Å²) >= 11 is 0. The molecule has 5 nitrogen and oxygen atoms in total. The van der Waals surface area contributed by atoms with E-state index in [1.807, 2.05) is 0 Å². The van der Waals surface area contributed by atoms with E-state index in [0.717, 1.165) is 6.26 Å². The minimum Gasteiger partial charge on any atom is -0.516 e. The van der Waals surface area contributed by atoms with Crippen molar-refractivity contribution in [1.82, 2.24) is 5.32 Å². The molecule has 0 amide bonds. The number of hydrogen-bond acceptors (Lipinski definition) is 5. The maximum absolute atomic E-state index is 8.81. The van der Waals surface area contributed by atoms with Crippen molar-refractivity contribution in [3.63, 3.8) is 0 Å². The molecule has 0 aliphatic rings. The molecular weight excluding hydrogens is 174 g/mol. The predicted octanol–water partition coefficient (Wildman–Crippen LogP) is -0.777. The third-order valence-electron chi connectivity index (χ3n) is 1.51. The van der Waals surface area contributed by atoms with Crippen LogP contribution in [0.3, 0.4) is 0 Å². The van der Waals surface area contributed by atoms with Gasteiger partial charge in [0.05, 0.1) is 19.0 Å². The normalized spacial score (nSPS) is 13.8. The van der Waals surface area contributed by atoms with Crippen LogP contribution in [0.5, 0.6) is 0 Å².